The minimum atomic E-state index is -0.223. The Hall–Kier alpha value is -0.570. The molecular weight excluding hydrogens is 202 g/mol. The van der Waals surface area contributed by atoms with E-state index in [9.17, 15) is 4.79 Å². The normalized spacial score (nSPS) is 30.1. The highest BCUT2D eigenvalue weighted by Gasteiger charge is 2.40. The Balaban J connectivity index is 1.72. The first kappa shape index (κ1) is 11.9. The van der Waals surface area contributed by atoms with Crippen LogP contribution in [-0.2, 0) is 9.53 Å². The highest BCUT2D eigenvalue weighted by Crippen LogP contribution is 2.32. The summed E-state index contributed by atoms with van der Waals surface area (Å²) < 4.78 is 5.45. The second kappa shape index (κ2) is 5.17. The minimum absolute atomic E-state index is 0.0272. The van der Waals surface area contributed by atoms with Gasteiger partial charge in [-0.2, -0.15) is 0 Å². The van der Waals surface area contributed by atoms with Crippen LogP contribution in [0, 0.1) is 11.3 Å². The van der Waals surface area contributed by atoms with Crippen molar-refractivity contribution < 1.29 is 9.53 Å². The van der Waals surface area contributed by atoms with E-state index in [4.69, 9.17) is 4.74 Å². The van der Waals surface area contributed by atoms with E-state index in [-0.39, 0.29) is 11.4 Å². The van der Waals surface area contributed by atoms with Crippen molar-refractivity contribution in [1.29, 1.82) is 0 Å². The highest BCUT2D eigenvalue weighted by molar-refractivity contribution is 5.77. The van der Waals surface area contributed by atoms with Crippen LogP contribution in [0.5, 0.6) is 0 Å². The lowest BCUT2D eigenvalue weighted by Gasteiger charge is -2.27. The SMILES string of the molecule is CCC1(C(=O)OCCC2CCC2)CCNC1. The smallest absolute Gasteiger partial charge is 0.313 e. The average molecular weight is 225 g/mol. The molecule has 0 bridgehead atoms. The molecule has 2 fully saturated rings. The fourth-order valence-corrected chi connectivity index (χ4v) is 2.62. The highest BCUT2D eigenvalue weighted by atomic mass is 16.5. The van der Waals surface area contributed by atoms with E-state index in [2.05, 4.69) is 12.2 Å². The number of hydrogen-bond acceptors (Lipinski definition) is 3. The predicted octanol–water partition coefficient (Wildman–Crippen LogP) is 2.11. The van der Waals surface area contributed by atoms with Gasteiger partial charge >= 0.3 is 5.97 Å². The van der Waals surface area contributed by atoms with Gasteiger partial charge in [0.25, 0.3) is 0 Å². The molecule has 1 saturated heterocycles. The van der Waals surface area contributed by atoms with Crippen molar-refractivity contribution in [3.8, 4) is 0 Å². The number of nitrogens with one attached hydrogen (secondary N) is 1. The molecule has 1 aliphatic heterocycles. The summed E-state index contributed by atoms with van der Waals surface area (Å²) >= 11 is 0. The van der Waals surface area contributed by atoms with Crippen LogP contribution in [0.15, 0.2) is 0 Å². The molecule has 2 aliphatic rings. The topological polar surface area (TPSA) is 38.3 Å². The van der Waals surface area contributed by atoms with Crippen molar-refractivity contribution >= 4 is 5.97 Å². The molecule has 1 aliphatic carbocycles. The van der Waals surface area contributed by atoms with Crippen molar-refractivity contribution in [2.45, 2.75) is 45.4 Å². The maximum atomic E-state index is 12.0. The molecule has 1 atom stereocenters. The third-order valence-corrected chi connectivity index (χ3v) is 4.34. The van der Waals surface area contributed by atoms with Crippen LogP contribution < -0.4 is 5.32 Å². The van der Waals surface area contributed by atoms with E-state index in [1.54, 1.807) is 0 Å². The predicted molar refractivity (Wildman–Crippen MR) is 63.1 cm³/mol. The monoisotopic (exact) mass is 225 g/mol. The Morgan fingerprint density at radius 1 is 1.50 bits per heavy atom. The van der Waals surface area contributed by atoms with Crippen LogP contribution in [0.3, 0.4) is 0 Å². The summed E-state index contributed by atoms with van der Waals surface area (Å²) in [5.41, 5.74) is -0.223. The van der Waals surface area contributed by atoms with Gasteiger partial charge in [0.2, 0.25) is 0 Å². The Morgan fingerprint density at radius 2 is 2.31 bits per heavy atom. The second-order valence-electron chi connectivity index (χ2n) is 5.28. The Labute approximate surface area is 97.9 Å². The zero-order valence-corrected chi connectivity index (χ0v) is 10.3. The summed E-state index contributed by atoms with van der Waals surface area (Å²) in [6.45, 7) is 4.46. The number of hydrogen-bond donors (Lipinski definition) is 1. The van der Waals surface area contributed by atoms with Crippen LogP contribution in [0.2, 0.25) is 0 Å². The minimum Gasteiger partial charge on any atom is -0.465 e. The number of esters is 1. The van der Waals surface area contributed by atoms with E-state index in [0.717, 1.165) is 38.3 Å². The molecule has 0 aromatic heterocycles. The molecular formula is C13H23NO2. The maximum absolute atomic E-state index is 12.0. The van der Waals surface area contributed by atoms with Crippen LogP contribution in [0.25, 0.3) is 0 Å². The van der Waals surface area contributed by atoms with Crippen LogP contribution in [0.1, 0.15) is 45.4 Å². The van der Waals surface area contributed by atoms with Crippen LogP contribution >= 0.6 is 0 Å². The average Bonchev–Trinajstić information content (AvgIpc) is 2.71. The molecule has 3 heteroatoms. The third kappa shape index (κ3) is 2.40. The fraction of sp³-hybridized carbons (Fsp3) is 0.923. The Morgan fingerprint density at radius 3 is 2.81 bits per heavy atom. The number of rotatable bonds is 5. The summed E-state index contributed by atoms with van der Waals surface area (Å²) in [6, 6.07) is 0. The molecule has 0 radical (unpaired) electrons. The lowest BCUT2D eigenvalue weighted by molar-refractivity contribution is -0.155. The van der Waals surface area contributed by atoms with Crippen molar-refractivity contribution in [1.82, 2.24) is 5.32 Å². The molecule has 3 nitrogen and oxygen atoms in total. The van der Waals surface area contributed by atoms with E-state index < -0.39 is 0 Å². The van der Waals surface area contributed by atoms with E-state index in [1.807, 2.05) is 0 Å². The molecule has 92 valence electrons. The largest absolute Gasteiger partial charge is 0.465 e. The van der Waals surface area contributed by atoms with Crippen LogP contribution in [-0.4, -0.2) is 25.7 Å². The summed E-state index contributed by atoms with van der Waals surface area (Å²) in [7, 11) is 0. The van der Waals surface area contributed by atoms with Crippen molar-refractivity contribution in [3.05, 3.63) is 0 Å². The molecule has 1 unspecified atom stereocenters. The zero-order chi connectivity index (χ0) is 11.4. The molecule has 0 aromatic rings. The third-order valence-electron chi connectivity index (χ3n) is 4.34. The fourth-order valence-electron chi connectivity index (χ4n) is 2.62. The van der Waals surface area contributed by atoms with Gasteiger partial charge in [-0.1, -0.05) is 26.2 Å². The van der Waals surface area contributed by atoms with Gasteiger partial charge in [-0.25, -0.2) is 0 Å². The summed E-state index contributed by atoms with van der Waals surface area (Å²) in [5.74, 6) is 0.853. The molecule has 0 amide bonds. The van der Waals surface area contributed by atoms with Gasteiger partial charge in [0, 0.05) is 6.54 Å². The molecule has 2 rings (SSSR count). The molecule has 0 aromatic carbocycles. The van der Waals surface area contributed by atoms with E-state index in [1.165, 1.54) is 19.3 Å². The summed E-state index contributed by atoms with van der Waals surface area (Å²) in [4.78, 5) is 12.0. The standard InChI is InChI=1S/C13H23NO2/c1-2-13(7-8-14-10-13)12(15)16-9-6-11-4-3-5-11/h11,14H,2-10H2,1H3. The van der Waals surface area contributed by atoms with Gasteiger partial charge in [0.15, 0.2) is 0 Å². The van der Waals surface area contributed by atoms with Crippen molar-refractivity contribution in [2.24, 2.45) is 11.3 Å². The second-order valence-corrected chi connectivity index (χ2v) is 5.28. The number of carbonyl (C=O) groups excluding carboxylic acids is 1. The molecule has 0 spiro atoms. The summed E-state index contributed by atoms with van der Waals surface area (Å²) in [6.07, 6.45) is 6.92. The van der Waals surface area contributed by atoms with Gasteiger partial charge in [-0.05, 0) is 31.7 Å². The first-order chi connectivity index (χ1) is 7.77. The van der Waals surface area contributed by atoms with E-state index >= 15 is 0 Å². The van der Waals surface area contributed by atoms with Gasteiger partial charge in [-0.3, -0.25) is 4.79 Å². The molecule has 16 heavy (non-hydrogen) atoms. The Kier molecular flexibility index (Phi) is 3.85. The number of carbonyl (C=O) groups is 1. The Bertz CT molecular complexity index is 242. The van der Waals surface area contributed by atoms with Gasteiger partial charge in [-0.15, -0.1) is 0 Å². The van der Waals surface area contributed by atoms with Crippen LogP contribution in [0.4, 0.5) is 0 Å². The van der Waals surface area contributed by atoms with E-state index in [0.29, 0.717) is 6.61 Å². The van der Waals surface area contributed by atoms with Crippen molar-refractivity contribution in [3.63, 3.8) is 0 Å². The van der Waals surface area contributed by atoms with Crippen molar-refractivity contribution in [2.75, 3.05) is 19.7 Å². The van der Waals surface area contributed by atoms with Gasteiger partial charge in [0.05, 0.1) is 12.0 Å². The lowest BCUT2D eigenvalue weighted by atomic mass is 9.83. The van der Waals surface area contributed by atoms with Gasteiger partial charge in [0.1, 0.15) is 0 Å². The first-order valence-electron chi connectivity index (χ1n) is 6.65. The molecule has 1 N–H and O–H groups in total. The lowest BCUT2D eigenvalue weighted by Crippen LogP contribution is -2.35. The first-order valence-corrected chi connectivity index (χ1v) is 6.65. The molecule has 1 heterocycles. The number of ether oxygens (including phenoxy) is 1. The maximum Gasteiger partial charge on any atom is 0.313 e. The molecule has 1 saturated carbocycles. The zero-order valence-electron chi connectivity index (χ0n) is 10.3. The summed E-state index contributed by atoms with van der Waals surface area (Å²) in [5, 5.41) is 3.27. The van der Waals surface area contributed by atoms with Gasteiger partial charge < -0.3 is 10.1 Å². The quantitative estimate of drug-likeness (QED) is 0.728.